The number of hydrogen-bond donors (Lipinski definition) is 1. The molecule has 3 atom stereocenters. The van der Waals surface area contributed by atoms with Crippen molar-refractivity contribution in [3.63, 3.8) is 0 Å². The van der Waals surface area contributed by atoms with Crippen molar-refractivity contribution in [2.24, 2.45) is 16.7 Å². The summed E-state index contributed by atoms with van der Waals surface area (Å²) in [5.41, 5.74) is 1.17. The molecule has 3 heterocycles. The van der Waals surface area contributed by atoms with E-state index in [1.807, 2.05) is 0 Å². The Morgan fingerprint density at radius 3 is 2.50 bits per heavy atom. The first-order chi connectivity index (χ1) is 11.1. The summed E-state index contributed by atoms with van der Waals surface area (Å²) in [6, 6.07) is 0. The van der Waals surface area contributed by atoms with E-state index in [-0.39, 0.29) is 28.9 Å². The van der Waals surface area contributed by atoms with Crippen LogP contribution in [-0.2, 0) is 4.74 Å². The van der Waals surface area contributed by atoms with E-state index >= 15 is 0 Å². The molecule has 1 aliphatic heterocycles. The molecule has 24 heavy (non-hydrogen) atoms. The summed E-state index contributed by atoms with van der Waals surface area (Å²) in [7, 11) is 0. The zero-order valence-electron chi connectivity index (χ0n) is 15.5. The average molecular weight is 332 g/mol. The zero-order chi connectivity index (χ0) is 17.7. The quantitative estimate of drug-likeness (QED) is 0.913. The van der Waals surface area contributed by atoms with Gasteiger partial charge in [0.15, 0.2) is 11.3 Å². The topological polar surface area (TPSA) is 72.8 Å². The molecule has 2 aromatic rings. The molecule has 0 radical (unpaired) electrons. The number of nitrogens with zero attached hydrogens (tertiary/aromatic N) is 3. The number of ether oxygens (including phenoxy) is 1. The van der Waals surface area contributed by atoms with Crippen LogP contribution in [0.15, 0.2) is 17.2 Å². The molecule has 2 aromatic heterocycles. The minimum atomic E-state index is -0.292. The van der Waals surface area contributed by atoms with Gasteiger partial charge in [0.05, 0.1) is 6.10 Å². The van der Waals surface area contributed by atoms with Crippen molar-refractivity contribution < 1.29 is 4.74 Å². The third kappa shape index (κ3) is 3.24. The molecule has 0 spiro atoms. The van der Waals surface area contributed by atoms with Gasteiger partial charge >= 0.3 is 5.69 Å². The summed E-state index contributed by atoms with van der Waals surface area (Å²) in [5, 5.41) is 0. The smallest absolute Gasteiger partial charge is 0.331 e. The Labute approximate surface area is 142 Å². The lowest BCUT2D eigenvalue weighted by atomic mass is 9.73. The Bertz CT molecular complexity index is 779. The lowest BCUT2D eigenvalue weighted by Gasteiger charge is -2.33. The van der Waals surface area contributed by atoms with Crippen LogP contribution in [0, 0.1) is 16.7 Å². The minimum absolute atomic E-state index is 0.117. The maximum absolute atomic E-state index is 12.4. The maximum atomic E-state index is 12.4. The highest BCUT2D eigenvalue weighted by atomic mass is 16.5. The van der Waals surface area contributed by atoms with E-state index in [4.69, 9.17) is 4.74 Å². The summed E-state index contributed by atoms with van der Waals surface area (Å²) >= 11 is 0. The second-order valence-corrected chi connectivity index (χ2v) is 9.13. The van der Waals surface area contributed by atoms with Gasteiger partial charge in [-0.15, -0.1) is 0 Å². The molecule has 1 saturated heterocycles. The van der Waals surface area contributed by atoms with Gasteiger partial charge in [0, 0.05) is 12.4 Å². The fraction of sp³-hybridized carbons (Fsp3) is 0.722. The van der Waals surface area contributed by atoms with Crippen LogP contribution in [0.5, 0.6) is 0 Å². The van der Waals surface area contributed by atoms with E-state index in [1.165, 1.54) is 0 Å². The molecule has 1 N–H and O–H groups in total. The molecule has 6 nitrogen and oxygen atoms in total. The Morgan fingerprint density at radius 1 is 1.21 bits per heavy atom. The molecule has 0 amide bonds. The molecule has 1 unspecified atom stereocenters. The summed E-state index contributed by atoms with van der Waals surface area (Å²) in [6.07, 6.45) is 4.80. The Hall–Kier alpha value is -1.69. The average Bonchev–Trinajstić information content (AvgIpc) is 2.96. The lowest BCUT2D eigenvalue weighted by Crippen LogP contribution is -2.31. The van der Waals surface area contributed by atoms with Crippen molar-refractivity contribution in [2.45, 2.75) is 66.7 Å². The first-order valence-electron chi connectivity index (χ1n) is 8.63. The van der Waals surface area contributed by atoms with Gasteiger partial charge in [-0.25, -0.2) is 19.3 Å². The van der Waals surface area contributed by atoms with Crippen molar-refractivity contribution in [1.29, 1.82) is 0 Å². The largest absolute Gasteiger partial charge is 0.354 e. The van der Waals surface area contributed by atoms with Crippen LogP contribution in [0.25, 0.3) is 11.3 Å². The number of hydrogen-bond acceptors (Lipinski definition) is 4. The number of nitrogens with one attached hydrogen (secondary N) is 1. The number of H-pyrrole nitrogens is 1. The van der Waals surface area contributed by atoms with Crippen molar-refractivity contribution >= 4 is 11.3 Å². The third-order valence-electron chi connectivity index (χ3n) is 4.80. The summed E-state index contributed by atoms with van der Waals surface area (Å²) < 4.78 is 8.01. The molecular weight excluding hydrogens is 304 g/mol. The molecule has 0 aromatic carbocycles. The summed E-state index contributed by atoms with van der Waals surface area (Å²) in [6.45, 7) is 13.4. The highest BCUT2D eigenvalue weighted by Gasteiger charge is 2.44. The monoisotopic (exact) mass is 332 g/mol. The van der Waals surface area contributed by atoms with Gasteiger partial charge in [-0.2, -0.15) is 0 Å². The van der Waals surface area contributed by atoms with Gasteiger partial charge in [-0.05, 0) is 29.6 Å². The highest BCUT2D eigenvalue weighted by molar-refractivity contribution is 5.64. The standard InChI is InChI=1S/C18H28N4O2/c1-17(2,3)10-12-11(18(4,5)6)9-13(24-12)22-15-14(21-16(22)23)19-7-8-20-15/h7-8,11-13H,9-10H2,1-6H3,(H,19,21,23)/t11?,12-,13-/m1/s1. The van der Waals surface area contributed by atoms with E-state index in [9.17, 15) is 4.79 Å². The molecule has 1 aliphatic rings. The fourth-order valence-corrected chi connectivity index (χ4v) is 3.71. The van der Waals surface area contributed by atoms with Gasteiger partial charge in [0.25, 0.3) is 0 Å². The number of rotatable bonds is 2. The first-order valence-corrected chi connectivity index (χ1v) is 8.63. The molecule has 6 heteroatoms. The summed E-state index contributed by atoms with van der Waals surface area (Å²) in [4.78, 5) is 23.7. The maximum Gasteiger partial charge on any atom is 0.331 e. The number of aromatic nitrogens is 4. The summed E-state index contributed by atoms with van der Waals surface area (Å²) in [5.74, 6) is 0.384. The molecule has 3 rings (SSSR count). The highest BCUT2D eigenvalue weighted by Crippen LogP contribution is 2.46. The third-order valence-corrected chi connectivity index (χ3v) is 4.80. The van der Waals surface area contributed by atoms with Crippen molar-refractivity contribution in [3.05, 3.63) is 22.9 Å². The Morgan fingerprint density at radius 2 is 1.88 bits per heavy atom. The second kappa shape index (κ2) is 5.69. The van der Waals surface area contributed by atoms with E-state index in [2.05, 4.69) is 56.5 Å². The van der Waals surface area contributed by atoms with Gasteiger partial charge < -0.3 is 4.74 Å². The SMILES string of the molecule is CC(C)(C)C[C@H]1O[C@@H](n2c(=O)[nH]c3nccnc32)CC1C(C)(C)C. The van der Waals surface area contributed by atoms with E-state index in [1.54, 1.807) is 17.0 Å². The van der Waals surface area contributed by atoms with Gasteiger partial charge in [-0.1, -0.05) is 41.5 Å². The number of imidazole rings is 1. The van der Waals surface area contributed by atoms with Gasteiger partial charge in [0.1, 0.15) is 6.23 Å². The predicted molar refractivity (Wildman–Crippen MR) is 93.7 cm³/mol. The van der Waals surface area contributed by atoms with E-state index in [0.717, 1.165) is 12.8 Å². The van der Waals surface area contributed by atoms with Crippen molar-refractivity contribution in [3.8, 4) is 0 Å². The molecule has 0 bridgehead atoms. The Kier molecular flexibility index (Phi) is 4.06. The zero-order valence-corrected chi connectivity index (χ0v) is 15.5. The van der Waals surface area contributed by atoms with Crippen LogP contribution < -0.4 is 5.69 Å². The number of aromatic amines is 1. The van der Waals surface area contributed by atoms with E-state index in [0.29, 0.717) is 17.2 Å². The molecule has 0 saturated carbocycles. The van der Waals surface area contributed by atoms with Crippen LogP contribution in [0.3, 0.4) is 0 Å². The van der Waals surface area contributed by atoms with Crippen molar-refractivity contribution in [2.75, 3.05) is 0 Å². The molecule has 1 fully saturated rings. The van der Waals surface area contributed by atoms with Crippen LogP contribution in [0.2, 0.25) is 0 Å². The first kappa shape index (κ1) is 17.1. The fourth-order valence-electron chi connectivity index (χ4n) is 3.71. The van der Waals surface area contributed by atoms with Crippen LogP contribution in [0.1, 0.15) is 60.6 Å². The van der Waals surface area contributed by atoms with Crippen LogP contribution in [0.4, 0.5) is 0 Å². The second-order valence-electron chi connectivity index (χ2n) is 9.13. The van der Waals surface area contributed by atoms with Gasteiger partial charge in [-0.3, -0.25) is 4.98 Å². The molecule has 132 valence electrons. The number of fused-ring (bicyclic) bond motifs is 1. The van der Waals surface area contributed by atoms with Crippen molar-refractivity contribution in [1.82, 2.24) is 19.5 Å². The minimum Gasteiger partial charge on any atom is -0.354 e. The van der Waals surface area contributed by atoms with Crippen LogP contribution in [-0.4, -0.2) is 25.6 Å². The Balaban J connectivity index is 1.98. The normalized spacial score (nSPS) is 25.5. The predicted octanol–water partition coefficient (Wildman–Crippen LogP) is 3.51. The molecular formula is C18H28N4O2. The lowest BCUT2D eigenvalue weighted by molar-refractivity contribution is -0.0320. The van der Waals surface area contributed by atoms with E-state index < -0.39 is 0 Å². The van der Waals surface area contributed by atoms with Crippen LogP contribution >= 0.6 is 0 Å². The molecule has 0 aliphatic carbocycles. The van der Waals surface area contributed by atoms with Gasteiger partial charge in [0.2, 0.25) is 0 Å².